The van der Waals surface area contributed by atoms with Crippen LogP contribution >= 0.6 is 0 Å². The zero-order chi connectivity index (χ0) is 13.1. The maximum Gasteiger partial charge on any atom is 0.133 e. The number of hydrogen-bond acceptors (Lipinski definition) is 4. The molecular formula is C15H19NO3. The zero-order valence-corrected chi connectivity index (χ0v) is 11.1. The van der Waals surface area contributed by atoms with Gasteiger partial charge in [-0.2, -0.15) is 0 Å². The Hall–Kier alpha value is -1.39. The SMILES string of the molecule is CC1ON=C2COC(COCc3ccccc3)CC21. The molecule has 19 heavy (non-hydrogen) atoms. The van der Waals surface area contributed by atoms with E-state index < -0.39 is 0 Å². The number of benzene rings is 1. The molecule has 0 amide bonds. The fourth-order valence-electron chi connectivity index (χ4n) is 2.58. The average molecular weight is 261 g/mol. The van der Waals surface area contributed by atoms with Crippen molar-refractivity contribution in [2.45, 2.75) is 32.2 Å². The summed E-state index contributed by atoms with van der Waals surface area (Å²) in [5.41, 5.74) is 2.24. The minimum atomic E-state index is 0.150. The van der Waals surface area contributed by atoms with E-state index in [1.54, 1.807) is 0 Å². The average Bonchev–Trinajstić information content (AvgIpc) is 2.82. The van der Waals surface area contributed by atoms with Crippen LogP contribution in [0.1, 0.15) is 18.9 Å². The van der Waals surface area contributed by atoms with Crippen LogP contribution in [0.3, 0.4) is 0 Å². The normalized spacial score (nSPS) is 29.5. The molecule has 0 N–H and O–H groups in total. The van der Waals surface area contributed by atoms with Crippen molar-refractivity contribution < 1.29 is 14.3 Å². The van der Waals surface area contributed by atoms with E-state index >= 15 is 0 Å². The molecule has 2 aliphatic heterocycles. The first-order valence-electron chi connectivity index (χ1n) is 6.79. The van der Waals surface area contributed by atoms with Crippen LogP contribution in [0.2, 0.25) is 0 Å². The van der Waals surface area contributed by atoms with Gasteiger partial charge in [-0.3, -0.25) is 0 Å². The van der Waals surface area contributed by atoms with Gasteiger partial charge in [0.05, 0.1) is 31.6 Å². The molecule has 4 nitrogen and oxygen atoms in total. The number of oxime groups is 1. The molecule has 102 valence electrons. The Labute approximate surface area is 113 Å². The molecular weight excluding hydrogens is 242 g/mol. The second kappa shape index (κ2) is 5.72. The Bertz CT molecular complexity index is 446. The summed E-state index contributed by atoms with van der Waals surface area (Å²) in [7, 11) is 0. The molecule has 0 bridgehead atoms. The van der Waals surface area contributed by atoms with Crippen LogP contribution in [-0.2, 0) is 20.9 Å². The van der Waals surface area contributed by atoms with Crippen molar-refractivity contribution in [1.29, 1.82) is 0 Å². The van der Waals surface area contributed by atoms with Gasteiger partial charge in [0.2, 0.25) is 0 Å². The van der Waals surface area contributed by atoms with Crippen molar-refractivity contribution >= 4 is 5.71 Å². The highest BCUT2D eigenvalue weighted by Crippen LogP contribution is 2.28. The third-order valence-corrected chi connectivity index (χ3v) is 3.73. The van der Waals surface area contributed by atoms with Crippen LogP contribution in [-0.4, -0.2) is 31.1 Å². The molecule has 0 aromatic heterocycles. The third kappa shape index (κ3) is 2.96. The fraction of sp³-hybridized carbons (Fsp3) is 0.533. The lowest BCUT2D eigenvalue weighted by Crippen LogP contribution is -2.38. The van der Waals surface area contributed by atoms with Crippen LogP contribution in [0.5, 0.6) is 0 Å². The van der Waals surface area contributed by atoms with Crippen LogP contribution in [0.4, 0.5) is 0 Å². The molecule has 1 saturated heterocycles. The van der Waals surface area contributed by atoms with Crippen LogP contribution in [0, 0.1) is 5.92 Å². The Morgan fingerprint density at radius 2 is 2.16 bits per heavy atom. The number of nitrogens with zero attached hydrogens (tertiary/aromatic N) is 1. The summed E-state index contributed by atoms with van der Waals surface area (Å²) in [6.45, 7) is 3.91. The van der Waals surface area contributed by atoms with Gasteiger partial charge in [-0.1, -0.05) is 35.5 Å². The first-order chi connectivity index (χ1) is 9.33. The molecule has 1 fully saturated rings. The van der Waals surface area contributed by atoms with Gasteiger partial charge in [-0.15, -0.1) is 0 Å². The lowest BCUT2D eigenvalue weighted by atomic mass is 9.90. The zero-order valence-electron chi connectivity index (χ0n) is 11.1. The second-order valence-electron chi connectivity index (χ2n) is 5.17. The molecule has 0 spiro atoms. The van der Waals surface area contributed by atoms with Gasteiger partial charge in [0.15, 0.2) is 0 Å². The first-order valence-corrected chi connectivity index (χ1v) is 6.79. The summed E-state index contributed by atoms with van der Waals surface area (Å²) in [5.74, 6) is 0.402. The lowest BCUT2D eigenvalue weighted by Gasteiger charge is -2.28. The standard InChI is InChI=1S/C15H19NO3/c1-11-14-7-13(18-10-15(14)16-19-11)9-17-8-12-5-3-2-4-6-12/h2-6,11,13-14H,7-10H2,1H3. The van der Waals surface area contributed by atoms with E-state index in [9.17, 15) is 0 Å². The van der Waals surface area contributed by atoms with E-state index in [2.05, 4.69) is 24.2 Å². The summed E-state index contributed by atoms with van der Waals surface area (Å²) in [4.78, 5) is 5.29. The molecule has 3 rings (SSSR count). The van der Waals surface area contributed by atoms with Gasteiger partial charge in [0.1, 0.15) is 6.10 Å². The summed E-state index contributed by atoms with van der Waals surface area (Å²) >= 11 is 0. The minimum absolute atomic E-state index is 0.150. The maximum absolute atomic E-state index is 5.74. The first kappa shape index (κ1) is 12.6. The predicted octanol–water partition coefficient (Wildman–Crippen LogP) is 2.38. The van der Waals surface area contributed by atoms with E-state index in [-0.39, 0.29) is 12.2 Å². The third-order valence-electron chi connectivity index (χ3n) is 3.73. The molecule has 2 aliphatic rings. The van der Waals surface area contributed by atoms with Gasteiger partial charge >= 0.3 is 0 Å². The van der Waals surface area contributed by atoms with Crippen molar-refractivity contribution in [1.82, 2.24) is 0 Å². The summed E-state index contributed by atoms with van der Waals surface area (Å²) < 4.78 is 11.5. The van der Waals surface area contributed by atoms with Crippen molar-refractivity contribution in [2.24, 2.45) is 11.1 Å². The van der Waals surface area contributed by atoms with Gasteiger partial charge < -0.3 is 14.3 Å². The molecule has 0 saturated carbocycles. The predicted molar refractivity (Wildman–Crippen MR) is 71.9 cm³/mol. The summed E-state index contributed by atoms with van der Waals surface area (Å²) in [5, 5.41) is 4.05. The van der Waals surface area contributed by atoms with Crippen molar-refractivity contribution in [3.05, 3.63) is 35.9 Å². The van der Waals surface area contributed by atoms with Gasteiger partial charge in [0.25, 0.3) is 0 Å². The fourth-order valence-corrected chi connectivity index (χ4v) is 2.58. The van der Waals surface area contributed by atoms with Crippen molar-refractivity contribution in [2.75, 3.05) is 13.2 Å². The molecule has 0 radical (unpaired) electrons. The highest BCUT2D eigenvalue weighted by molar-refractivity contribution is 5.89. The highest BCUT2D eigenvalue weighted by Gasteiger charge is 2.37. The second-order valence-corrected chi connectivity index (χ2v) is 5.17. The minimum Gasteiger partial charge on any atom is -0.392 e. The number of fused-ring (bicyclic) bond motifs is 1. The lowest BCUT2D eigenvalue weighted by molar-refractivity contribution is -0.0337. The maximum atomic E-state index is 5.74. The number of ether oxygens (including phenoxy) is 2. The van der Waals surface area contributed by atoms with E-state index in [0.29, 0.717) is 25.7 Å². The Kier molecular flexibility index (Phi) is 3.80. The van der Waals surface area contributed by atoms with Gasteiger partial charge in [-0.25, -0.2) is 0 Å². The van der Waals surface area contributed by atoms with Crippen LogP contribution in [0.25, 0.3) is 0 Å². The van der Waals surface area contributed by atoms with E-state index in [0.717, 1.165) is 12.1 Å². The number of rotatable bonds is 4. The molecule has 1 aromatic rings. The Morgan fingerprint density at radius 1 is 1.32 bits per heavy atom. The number of hydrogen-bond donors (Lipinski definition) is 0. The van der Waals surface area contributed by atoms with Gasteiger partial charge in [0, 0.05) is 5.92 Å². The van der Waals surface area contributed by atoms with E-state index in [4.69, 9.17) is 14.3 Å². The largest absolute Gasteiger partial charge is 0.392 e. The van der Waals surface area contributed by atoms with Crippen molar-refractivity contribution in [3.63, 3.8) is 0 Å². The smallest absolute Gasteiger partial charge is 0.133 e. The van der Waals surface area contributed by atoms with E-state index in [1.807, 2.05) is 18.2 Å². The molecule has 3 unspecified atom stereocenters. The monoisotopic (exact) mass is 261 g/mol. The summed E-state index contributed by atoms with van der Waals surface area (Å²) in [6, 6.07) is 10.2. The Morgan fingerprint density at radius 3 is 3.00 bits per heavy atom. The molecule has 2 heterocycles. The summed E-state index contributed by atoms with van der Waals surface area (Å²) in [6.07, 6.45) is 1.27. The molecule has 4 heteroatoms. The molecule has 1 aromatic carbocycles. The molecule has 0 aliphatic carbocycles. The topological polar surface area (TPSA) is 40.0 Å². The molecule has 3 atom stereocenters. The van der Waals surface area contributed by atoms with Crippen LogP contribution in [0.15, 0.2) is 35.5 Å². The quantitative estimate of drug-likeness (QED) is 0.835. The highest BCUT2D eigenvalue weighted by atomic mass is 16.6. The van der Waals surface area contributed by atoms with Crippen molar-refractivity contribution in [3.8, 4) is 0 Å². The van der Waals surface area contributed by atoms with E-state index in [1.165, 1.54) is 5.56 Å². The van der Waals surface area contributed by atoms with Crippen LogP contribution < -0.4 is 0 Å². The Balaban J connectivity index is 1.45. The van der Waals surface area contributed by atoms with Gasteiger partial charge in [-0.05, 0) is 18.9 Å².